The van der Waals surface area contributed by atoms with Gasteiger partial charge in [-0.15, -0.1) is 0 Å². The number of rotatable bonds is 1. The first-order valence-electron chi connectivity index (χ1n) is 2.04. The zero-order valence-electron chi connectivity index (χ0n) is 3.66. The maximum atomic E-state index is 8.23. The highest BCUT2D eigenvalue weighted by atomic mass is 16.6. The zero-order valence-corrected chi connectivity index (χ0v) is 3.66. The number of nitriles is 1. The Morgan fingerprint density at radius 3 is 2.71 bits per heavy atom. The quantitative estimate of drug-likeness (QED) is 0.441. The summed E-state index contributed by atoms with van der Waals surface area (Å²) in [7, 11) is 0. The summed E-state index contributed by atoms with van der Waals surface area (Å²) in [6.45, 7) is -0.0295. The Bertz CT molecular complexity index is 107. The van der Waals surface area contributed by atoms with Crippen LogP contribution in [-0.2, 0) is 4.74 Å². The summed E-state index contributed by atoms with van der Waals surface area (Å²) in [6, 6.07) is 1.86. The molecule has 3 nitrogen and oxygen atoms in total. The van der Waals surface area contributed by atoms with Crippen molar-refractivity contribution in [3.05, 3.63) is 0 Å². The highest BCUT2D eigenvalue weighted by Crippen LogP contribution is 2.18. The second-order valence-corrected chi connectivity index (χ2v) is 1.41. The van der Waals surface area contributed by atoms with Crippen molar-refractivity contribution in [3.63, 3.8) is 0 Å². The lowest BCUT2D eigenvalue weighted by atomic mass is 10.4. The van der Waals surface area contributed by atoms with Gasteiger partial charge in [-0.05, 0) is 0 Å². The van der Waals surface area contributed by atoms with Crippen LogP contribution in [0.15, 0.2) is 0 Å². The highest BCUT2D eigenvalue weighted by molar-refractivity contribution is 5.01. The average Bonchev–Trinajstić information content (AvgIpc) is 2.43. The van der Waals surface area contributed by atoms with E-state index in [2.05, 4.69) is 4.74 Å². The number of ether oxygens (including phenoxy) is 1. The van der Waals surface area contributed by atoms with E-state index >= 15 is 0 Å². The van der Waals surface area contributed by atoms with Gasteiger partial charge in [0.15, 0.2) is 6.10 Å². The van der Waals surface area contributed by atoms with Crippen molar-refractivity contribution in [1.82, 2.24) is 0 Å². The van der Waals surface area contributed by atoms with Gasteiger partial charge < -0.3 is 9.84 Å². The van der Waals surface area contributed by atoms with E-state index in [1.165, 1.54) is 0 Å². The summed E-state index contributed by atoms with van der Waals surface area (Å²) >= 11 is 0. The molecule has 1 saturated heterocycles. The molecule has 0 aromatic rings. The number of nitrogens with zero attached hydrogens (tertiary/aromatic N) is 1. The van der Waals surface area contributed by atoms with E-state index < -0.39 is 0 Å². The summed E-state index contributed by atoms with van der Waals surface area (Å²) in [5, 5.41) is 16.3. The van der Waals surface area contributed by atoms with Crippen LogP contribution >= 0.6 is 0 Å². The van der Waals surface area contributed by atoms with Crippen LogP contribution in [0.4, 0.5) is 0 Å². The summed E-state index contributed by atoms with van der Waals surface area (Å²) < 4.78 is 4.60. The van der Waals surface area contributed by atoms with Gasteiger partial charge in [0.1, 0.15) is 6.10 Å². The van der Waals surface area contributed by atoms with E-state index in [9.17, 15) is 0 Å². The van der Waals surface area contributed by atoms with Crippen LogP contribution < -0.4 is 0 Å². The Morgan fingerprint density at radius 2 is 2.57 bits per heavy atom. The van der Waals surface area contributed by atoms with Crippen molar-refractivity contribution >= 4 is 0 Å². The standard InChI is InChI=1S/C4H5NO2/c5-1-3-4(2-6)7-3/h3-4,6H,2H2/t3-,4-/m0/s1. The number of epoxide rings is 1. The van der Waals surface area contributed by atoms with Crippen LogP contribution in [0, 0.1) is 11.3 Å². The number of hydrogen-bond acceptors (Lipinski definition) is 3. The predicted octanol–water partition coefficient (Wildman–Crippen LogP) is -0.730. The molecule has 1 aliphatic rings. The van der Waals surface area contributed by atoms with Crippen LogP contribution in [0.1, 0.15) is 0 Å². The van der Waals surface area contributed by atoms with Gasteiger partial charge in [0.05, 0.1) is 12.7 Å². The molecule has 3 heteroatoms. The molecule has 0 radical (unpaired) electrons. The Labute approximate surface area is 41.1 Å². The lowest BCUT2D eigenvalue weighted by molar-refractivity contribution is 0.243. The van der Waals surface area contributed by atoms with Crippen molar-refractivity contribution < 1.29 is 9.84 Å². The van der Waals surface area contributed by atoms with Gasteiger partial charge in [0, 0.05) is 0 Å². The third kappa shape index (κ3) is 0.710. The molecule has 1 rings (SSSR count). The minimum atomic E-state index is -0.329. The third-order valence-electron chi connectivity index (χ3n) is 0.890. The molecule has 1 heterocycles. The summed E-state index contributed by atoms with van der Waals surface area (Å²) in [6.07, 6.45) is -0.519. The molecular formula is C4H5NO2. The maximum absolute atomic E-state index is 8.23. The van der Waals surface area contributed by atoms with Crippen LogP contribution in [-0.4, -0.2) is 23.9 Å². The third-order valence-corrected chi connectivity index (χ3v) is 0.890. The SMILES string of the molecule is N#C[C@@H]1O[C@H]1CO. The van der Waals surface area contributed by atoms with Gasteiger partial charge in [-0.2, -0.15) is 5.26 Å². The van der Waals surface area contributed by atoms with E-state index in [1.54, 1.807) is 0 Å². The van der Waals surface area contributed by atoms with Gasteiger partial charge in [-0.1, -0.05) is 0 Å². The molecule has 0 aromatic heterocycles. The number of hydrogen-bond donors (Lipinski definition) is 1. The lowest BCUT2D eigenvalue weighted by Gasteiger charge is -1.71. The Kier molecular flexibility index (Phi) is 0.970. The Balaban J connectivity index is 2.21. The second-order valence-electron chi connectivity index (χ2n) is 1.41. The number of aliphatic hydroxyl groups excluding tert-OH is 1. The van der Waals surface area contributed by atoms with E-state index in [4.69, 9.17) is 10.4 Å². The largest absolute Gasteiger partial charge is 0.394 e. The first-order chi connectivity index (χ1) is 3.38. The van der Waals surface area contributed by atoms with Crippen molar-refractivity contribution in [2.24, 2.45) is 0 Å². The van der Waals surface area contributed by atoms with E-state index in [1.807, 2.05) is 6.07 Å². The monoisotopic (exact) mass is 99.0 g/mol. The molecule has 7 heavy (non-hydrogen) atoms. The van der Waals surface area contributed by atoms with Crippen LogP contribution in [0.25, 0.3) is 0 Å². The first kappa shape index (κ1) is 4.57. The normalized spacial score (nSPS) is 37.1. The fraction of sp³-hybridized carbons (Fsp3) is 0.750. The summed E-state index contributed by atoms with van der Waals surface area (Å²) in [5.41, 5.74) is 0. The fourth-order valence-electron chi connectivity index (χ4n) is 0.395. The molecule has 0 bridgehead atoms. The summed E-state index contributed by atoms with van der Waals surface area (Å²) in [5.74, 6) is 0. The van der Waals surface area contributed by atoms with Gasteiger partial charge in [-0.3, -0.25) is 0 Å². The van der Waals surface area contributed by atoms with Gasteiger partial charge in [0.25, 0.3) is 0 Å². The Hall–Kier alpha value is -0.590. The highest BCUT2D eigenvalue weighted by Gasteiger charge is 2.37. The Morgan fingerprint density at radius 1 is 1.86 bits per heavy atom. The molecule has 0 spiro atoms. The zero-order chi connectivity index (χ0) is 5.28. The molecule has 0 unspecified atom stereocenters. The minimum absolute atomic E-state index is 0.0295. The van der Waals surface area contributed by atoms with E-state index in [0.717, 1.165) is 0 Å². The molecule has 0 aliphatic carbocycles. The van der Waals surface area contributed by atoms with Crippen LogP contribution in [0.5, 0.6) is 0 Å². The molecule has 38 valence electrons. The number of aliphatic hydroxyl groups is 1. The minimum Gasteiger partial charge on any atom is -0.394 e. The molecule has 1 N–H and O–H groups in total. The smallest absolute Gasteiger partial charge is 0.172 e. The van der Waals surface area contributed by atoms with Crippen molar-refractivity contribution in [2.45, 2.75) is 12.2 Å². The molecule has 1 fully saturated rings. The van der Waals surface area contributed by atoms with Crippen molar-refractivity contribution in [2.75, 3.05) is 6.61 Å². The predicted molar refractivity (Wildman–Crippen MR) is 21.4 cm³/mol. The van der Waals surface area contributed by atoms with Crippen LogP contribution in [0.3, 0.4) is 0 Å². The van der Waals surface area contributed by atoms with Crippen LogP contribution in [0.2, 0.25) is 0 Å². The van der Waals surface area contributed by atoms with Crippen molar-refractivity contribution in [3.8, 4) is 6.07 Å². The molecule has 0 aromatic carbocycles. The fourth-order valence-corrected chi connectivity index (χ4v) is 0.395. The maximum Gasteiger partial charge on any atom is 0.172 e. The molecule has 2 atom stereocenters. The molecule has 0 amide bonds. The lowest BCUT2D eigenvalue weighted by Crippen LogP contribution is -1.95. The molecule has 1 aliphatic heterocycles. The van der Waals surface area contributed by atoms with Crippen molar-refractivity contribution in [1.29, 1.82) is 5.26 Å². The molecule has 0 saturated carbocycles. The second kappa shape index (κ2) is 1.49. The summed E-state index contributed by atoms with van der Waals surface area (Å²) in [4.78, 5) is 0. The van der Waals surface area contributed by atoms with Gasteiger partial charge in [-0.25, -0.2) is 0 Å². The molecular weight excluding hydrogens is 94.0 g/mol. The topological polar surface area (TPSA) is 56.5 Å². The average molecular weight is 99.1 g/mol. The van der Waals surface area contributed by atoms with Gasteiger partial charge >= 0.3 is 0 Å². The van der Waals surface area contributed by atoms with E-state index in [-0.39, 0.29) is 18.8 Å². The van der Waals surface area contributed by atoms with E-state index in [0.29, 0.717) is 0 Å². The van der Waals surface area contributed by atoms with Gasteiger partial charge in [0.2, 0.25) is 0 Å². The first-order valence-corrected chi connectivity index (χ1v) is 2.04.